The number of fused-ring (bicyclic) bond motifs is 6. The van der Waals surface area contributed by atoms with Gasteiger partial charge in [-0.1, -0.05) is 80.6 Å². The maximum atomic E-state index is 14.4. The smallest absolute Gasteiger partial charge is 0.266 e. The largest absolute Gasteiger partial charge is 0.494 e. The van der Waals surface area contributed by atoms with Crippen LogP contribution in [0.4, 0.5) is 11.4 Å². The van der Waals surface area contributed by atoms with E-state index >= 15 is 0 Å². The summed E-state index contributed by atoms with van der Waals surface area (Å²) in [5, 5.41) is 16.9. The highest BCUT2D eigenvalue weighted by atomic mass is 32.1. The van der Waals surface area contributed by atoms with E-state index in [2.05, 4.69) is 148 Å². The van der Waals surface area contributed by atoms with Gasteiger partial charge in [0.2, 0.25) is 11.6 Å². The minimum Gasteiger partial charge on any atom is -0.494 e. The minimum atomic E-state index is -0.256. The number of aromatic nitrogens is 2. The number of hydrogen-bond donors (Lipinski definition) is 1. The molecule has 0 amide bonds. The molecule has 274 valence electrons. The van der Waals surface area contributed by atoms with Gasteiger partial charge in [-0.3, -0.25) is 13.9 Å². The highest BCUT2D eigenvalue weighted by molar-refractivity contribution is 7.71. The van der Waals surface area contributed by atoms with Gasteiger partial charge >= 0.3 is 0 Å². The quantitative estimate of drug-likeness (QED) is 0.139. The van der Waals surface area contributed by atoms with Gasteiger partial charge in [-0.05, 0) is 115 Å². The zero-order valence-electron chi connectivity index (χ0n) is 32.6. The summed E-state index contributed by atoms with van der Waals surface area (Å²) in [5.41, 5.74) is 9.82. The molecule has 0 fully saturated rings. The lowest BCUT2D eigenvalue weighted by atomic mass is 9.79. The summed E-state index contributed by atoms with van der Waals surface area (Å²) in [6.07, 6.45) is 10.3. The van der Waals surface area contributed by atoms with Crippen LogP contribution in [-0.4, -0.2) is 38.6 Å². The molecule has 0 saturated heterocycles. The summed E-state index contributed by atoms with van der Waals surface area (Å²) in [5.74, 6) is -0.0689. The molecule has 0 spiro atoms. The van der Waals surface area contributed by atoms with Crippen LogP contribution in [-0.2, 0) is 23.9 Å². The Morgan fingerprint density at radius 1 is 0.796 bits per heavy atom. The standard InChI is InChI=1S/C47H48N4O2S/c1-9-50-43(52)40(44(53)51(10-2)45(50)54)39-31(23-27-37-46(3,4)41-33-17-13-11-15-29(33)21-25-35(41)48(37)7)19-20-32(39)24-28-38-47(5,6)42-34-18-14-12-16-30(34)22-26-36(42)49(38)8/h11-18,21-28H,9-10,19-20H2,1-8H3/p+1/b31-23+,37-27+. The van der Waals surface area contributed by atoms with Crippen molar-refractivity contribution in [1.29, 1.82) is 0 Å². The van der Waals surface area contributed by atoms with Crippen molar-refractivity contribution in [2.45, 2.75) is 78.3 Å². The molecule has 1 N–H and O–H groups in total. The summed E-state index contributed by atoms with van der Waals surface area (Å²) < 4.78 is 5.92. The average Bonchev–Trinajstić information content (AvgIpc) is 3.70. The lowest BCUT2D eigenvalue weighted by Crippen LogP contribution is -2.28. The number of benzene rings is 4. The molecular formula is C47H49N4O2S+. The Morgan fingerprint density at radius 3 is 2.09 bits per heavy atom. The molecule has 0 unspecified atom stereocenters. The van der Waals surface area contributed by atoms with Crippen LogP contribution in [0, 0.1) is 4.77 Å². The first-order valence-electron chi connectivity index (χ1n) is 19.1. The molecule has 0 radical (unpaired) electrons. The number of anilines is 1. The van der Waals surface area contributed by atoms with Crippen molar-refractivity contribution in [2.75, 3.05) is 19.0 Å². The summed E-state index contributed by atoms with van der Waals surface area (Å²) >= 11 is 5.72. The third kappa shape index (κ3) is 5.15. The van der Waals surface area contributed by atoms with Gasteiger partial charge < -0.3 is 10.0 Å². The zero-order chi connectivity index (χ0) is 38.3. The molecule has 0 atom stereocenters. The molecular weight excluding hydrogens is 685 g/mol. The molecule has 5 aromatic rings. The van der Waals surface area contributed by atoms with Crippen LogP contribution < -0.4 is 10.5 Å². The van der Waals surface area contributed by atoms with Crippen LogP contribution in [0.15, 0.2) is 119 Å². The van der Waals surface area contributed by atoms with Crippen molar-refractivity contribution in [3.8, 4) is 5.88 Å². The van der Waals surface area contributed by atoms with Crippen LogP contribution in [0.25, 0.3) is 27.1 Å². The molecule has 6 nitrogen and oxygen atoms in total. The van der Waals surface area contributed by atoms with Gasteiger partial charge in [0.05, 0.1) is 5.41 Å². The highest BCUT2D eigenvalue weighted by Gasteiger charge is 2.44. The summed E-state index contributed by atoms with van der Waals surface area (Å²) in [6, 6.07) is 26.1. The lowest BCUT2D eigenvalue weighted by Gasteiger charge is -2.24. The molecule has 0 saturated carbocycles. The van der Waals surface area contributed by atoms with Gasteiger partial charge in [0.25, 0.3) is 5.56 Å². The van der Waals surface area contributed by atoms with E-state index in [1.54, 1.807) is 9.13 Å². The predicted molar refractivity (Wildman–Crippen MR) is 227 cm³/mol. The van der Waals surface area contributed by atoms with Crippen LogP contribution >= 0.6 is 12.2 Å². The third-order valence-corrected chi connectivity index (χ3v) is 12.7. The monoisotopic (exact) mass is 733 g/mol. The van der Waals surface area contributed by atoms with Crippen LogP contribution in [0.3, 0.4) is 0 Å². The van der Waals surface area contributed by atoms with Crippen molar-refractivity contribution in [2.24, 2.45) is 0 Å². The molecule has 0 bridgehead atoms. The fourth-order valence-electron chi connectivity index (χ4n) is 9.60. The number of rotatable bonds is 6. The molecule has 1 aromatic heterocycles. The second kappa shape index (κ2) is 12.9. The zero-order valence-corrected chi connectivity index (χ0v) is 33.4. The van der Waals surface area contributed by atoms with Gasteiger partial charge in [0.15, 0.2) is 10.5 Å². The van der Waals surface area contributed by atoms with E-state index in [-0.39, 0.29) is 22.3 Å². The van der Waals surface area contributed by atoms with E-state index in [0.717, 1.165) is 29.6 Å². The molecule has 2 aliphatic heterocycles. The lowest BCUT2D eigenvalue weighted by molar-refractivity contribution is -0.401. The molecule has 4 aromatic carbocycles. The number of likely N-dealkylation sites (N-methyl/N-ethyl adjacent to an activating group) is 1. The first-order chi connectivity index (χ1) is 25.8. The van der Waals surface area contributed by atoms with Crippen LogP contribution in [0.2, 0.25) is 0 Å². The predicted octanol–water partition coefficient (Wildman–Crippen LogP) is 10.5. The molecule has 3 aliphatic rings. The third-order valence-electron chi connectivity index (χ3n) is 12.3. The summed E-state index contributed by atoms with van der Waals surface area (Å²) in [4.78, 5) is 16.7. The Morgan fingerprint density at radius 2 is 1.43 bits per heavy atom. The van der Waals surface area contributed by atoms with E-state index in [1.165, 1.54) is 55.5 Å². The SMILES string of the molecule is CCn1c(O)c(C2=C(/C=C/C3=[N+](C)c4ccc5ccccc5c4C3(C)C)CC/C2=C\C=C2\N(C)c3ccc4ccccc4c3C2(C)C)c(=O)n(CC)c1=S. The van der Waals surface area contributed by atoms with Gasteiger partial charge in [0, 0.05) is 54.6 Å². The summed E-state index contributed by atoms with van der Waals surface area (Å²) in [7, 11) is 4.28. The number of nitrogens with zero attached hydrogens (tertiary/aromatic N) is 4. The van der Waals surface area contributed by atoms with Crippen molar-refractivity contribution in [3.63, 3.8) is 0 Å². The Balaban J connectivity index is 1.30. The van der Waals surface area contributed by atoms with Crippen LogP contribution in [0.5, 0.6) is 5.88 Å². The Kier molecular flexibility index (Phi) is 8.57. The molecule has 3 heterocycles. The van der Waals surface area contributed by atoms with Crippen molar-refractivity contribution >= 4 is 56.4 Å². The fourth-order valence-corrected chi connectivity index (χ4v) is 10.0. The molecule has 7 heteroatoms. The van der Waals surface area contributed by atoms with E-state index in [9.17, 15) is 9.90 Å². The van der Waals surface area contributed by atoms with Gasteiger partial charge in [-0.2, -0.15) is 4.58 Å². The molecule has 8 rings (SSSR count). The Bertz CT molecular complexity index is 2710. The Hall–Kier alpha value is -5.27. The number of aromatic hydroxyl groups is 1. The maximum Gasteiger partial charge on any atom is 0.266 e. The van der Waals surface area contributed by atoms with Gasteiger partial charge in [-0.15, -0.1) is 0 Å². The van der Waals surface area contributed by atoms with E-state index in [1.807, 2.05) is 13.8 Å². The van der Waals surface area contributed by atoms with E-state index in [4.69, 9.17) is 12.2 Å². The highest BCUT2D eigenvalue weighted by Crippen LogP contribution is 2.51. The van der Waals surface area contributed by atoms with Crippen molar-refractivity contribution < 1.29 is 9.68 Å². The van der Waals surface area contributed by atoms with Crippen molar-refractivity contribution in [3.05, 3.63) is 146 Å². The average molecular weight is 734 g/mol. The topological polar surface area (TPSA) is 53.4 Å². The normalized spacial score (nSPS) is 19.1. The summed E-state index contributed by atoms with van der Waals surface area (Å²) in [6.45, 7) is 13.9. The first-order valence-corrected chi connectivity index (χ1v) is 19.5. The fraction of sp³-hybridized carbons (Fsp3) is 0.298. The maximum absolute atomic E-state index is 14.4. The number of allylic oxidation sites excluding steroid dienone is 8. The van der Waals surface area contributed by atoms with Crippen molar-refractivity contribution in [1.82, 2.24) is 9.13 Å². The Labute approximate surface area is 323 Å². The van der Waals surface area contributed by atoms with Gasteiger partial charge in [0.1, 0.15) is 12.6 Å². The second-order valence-electron chi connectivity index (χ2n) is 15.9. The number of hydrogen-bond acceptors (Lipinski definition) is 4. The minimum absolute atomic E-state index is 0.0689. The van der Waals surface area contributed by atoms with Crippen LogP contribution in [0.1, 0.15) is 71.1 Å². The van der Waals surface area contributed by atoms with E-state index in [0.29, 0.717) is 23.4 Å². The van der Waals surface area contributed by atoms with E-state index < -0.39 is 0 Å². The molecule has 1 aliphatic carbocycles. The first kappa shape index (κ1) is 35.7. The van der Waals surface area contributed by atoms with Gasteiger partial charge in [-0.25, -0.2) is 0 Å². The molecule has 54 heavy (non-hydrogen) atoms. The second-order valence-corrected chi connectivity index (χ2v) is 16.2.